The first-order valence-corrected chi connectivity index (χ1v) is 9.13. The Morgan fingerprint density at radius 1 is 1.35 bits per heavy atom. The van der Waals surface area contributed by atoms with Crippen molar-refractivity contribution in [2.45, 2.75) is 19.4 Å². The van der Waals surface area contributed by atoms with Gasteiger partial charge in [-0.25, -0.2) is 4.79 Å². The van der Waals surface area contributed by atoms with Crippen LogP contribution >= 0.6 is 22.6 Å². The van der Waals surface area contributed by atoms with Crippen molar-refractivity contribution in [3.63, 3.8) is 0 Å². The van der Waals surface area contributed by atoms with Gasteiger partial charge in [0.1, 0.15) is 12.4 Å². The van der Waals surface area contributed by atoms with Crippen LogP contribution in [-0.4, -0.2) is 29.4 Å². The van der Waals surface area contributed by atoms with Gasteiger partial charge in [-0.2, -0.15) is 5.26 Å². The molecule has 136 valence electrons. The van der Waals surface area contributed by atoms with Crippen LogP contribution in [0.15, 0.2) is 36.4 Å². The summed E-state index contributed by atoms with van der Waals surface area (Å²) in [7, 11) is 0. The van der Waals surface area contributed by atoms with E-state index in [1.807, 2.05) is 25.1 Å². The topological polar surface area (TPSA) is 103 Å². The Kier molecular flexibility index (Phi) is 7.24. The minimum Gasteiger partial charge on any atom is -0.490 e. The summed E-state index contributed by atoms with van der Waals surface area (Å²) in [5.74, 6) is -0.599. The number of nitrogens with zero attached hydrogens (tertiary/aromatic N) is 1. The highest BCUT2D eigenvalue weighted by Gasteiger charge is 2.26. The Morgan fingerprint density at radius 2 is 2.04 bits per heavy atom. The van der Waals surface area contributed by atoms with Crippen LogP contribution in [0.25, 0.3) is 0 Å². The molecule has 0 aliphatic carbocycles. The summed E-state index contributed by atoms with van der Waals surface area (Å²) in [5, 5.41) is 30.7. The number of carboxylic acids is 1. The summed E-state index contributed by atoms with van der Waals surface area (Å²) < 4.78 is 6.41. The summed E-state index contributed by atoms with van der Waals surface area (Å²) in [6.45, 7) is 1.91. The van der Waals surface area contributed by atoms with E-state index in [1.165, 1.54) is 0 Å². The fourth-order valence-electron chi connectivity index (χ4n) is 2.47. The second-order valence-electron chi connectivity index (χ2n) is 5.53. The van der Waals surface area contributed by atoms with E-state index in [1.54, 1.807) is 24.3 Å². The lowest BCUT2D eigenvalue weighted by Crippen LogP contribution is -2.22. The minimum atomic E-state index is -1.05. The molecule has 0 heterocycles. The van der Waals surface area contributed by atoms with Crippen LogP contribution in [-0.2, 0) is 11.2 Å². The van der Waals surface area contributed by atoms with Crippen LogP contribution in [0.1, 0.15) is 29.7 Å². The third-order valence-corrected chi connectivity index (χ3v) is 4.56. The van der Waals surface area contributed by atoms with Crippen molar-refractivity contribution < 1.29 is 19.7 Å². The molecule has 0 saturated heterocycles. The fraction of sp³-hybridized carbons (Fsp3) is 0.263. The van der Waals surface area contributed by atoms with Crippen LogP contribution in [0.4, 0.5) is 5.69 Å². The highest BCUT2D eigenvalue weighted by atomic mass is 127. The van der Waals surface area contributed by atoms with Gasteiger partial charge in [-0.3, -0.25) is 0 Å². The highest BCUT2D eigenvalue weighted by Crippen LogP contribution is 2.34. The molecule has 0 spiro atoms. The van der Waals surface area contributed by atoms with Gasteiger partial charge in [0, 0.05) is 11.3 Å². The van der Waals surface area contributed by atoms with Crippen LogP contribution in [0.2, 0.25) is 0 Å². The van der Waals surface area contributed by atoms with Crippen molar-refractivity contribution in [3.05, 3.63) is 56.7 Å². The molecule has 0 radical (unpaired) electrons. The number of carboxylic acid groups (broad SMARTS) is 1. The second-order valence-corrected chi connectivity index (χ2v) is 6.69. The van der Waals surface area contributed by atoms with Crippen LogP contribution in [0, 0.1) is 14.9 Å². The molecule has 2 aromatic rings. The van der Waals surface area contributed by atoms with Crippen LogP contribution in [0.5, 0.6) is 5.75 Å². The molecule has 1 unspecified atom stereocenters. The number of aliphatic carboxylic acids is 1. The SMILES string of the molecule is CCc1cc(I)c(OCCO)c(C(Nc2ccc(C#N)cc2)C(=O)O)c1. The summed E-state index contributed by atoms with van der Waals surface area (Å²) in [6.07, 6.45) is 0.756. The average Bonchev–Trinajstić information content (AvgIpc) is 2.65. The number of hydrogen-bond acceptors (Lipinski definition) is 5. The number of aliphatic hydroxyl groups excluding tert-OH is 1. The van der Waals surface area contributed by atoms with Gasteiger partial charge in [-0.05, 0) is 71.0 Å². The largest absolute Gasteiger partial charge is 0.490 e. The standard InChI is InChI=1S/C19H19IN2O4/c1-2-12-9-15(18(16(20)10-12)26-8-7-23)17(19(24)25)22-14-5-3-13(11-21)4-6-14/h3-6,9-10,17,22-23H,2,7-8H2,1H3,(H,24,25). The Balaban J connectivity index is 2.45. The normalized spacial score (nSPS) is 11.5. The lowest BCUT2D eigenvalue weighted by Gasteiger charge is -2.21. The van der Waals surface area contributed by atoms with Gasteiger partial charge >= 0.3 is 5.97 Å². The zero-order valence-corrected chi connectivity index (χ0v) is 16.4. The van der Waals surface area contributed by atoms with Crippen molar-refractivity contribution >= 4 is 34.2 Å². The molecule has 2 aromatic carbocycles. The summed E-state index contributed by atoms with van der Waals surface area (Å²) >= 11 is 2.11. The molecule has 0 aliphatic rings. The number of aliphatic hydroxyl groups is 1. The van der Waals surface area contributed by atoms with Gasteiger partial charge in [-0.15, -0.1) is 0 Å². The molecule has 6 nitrogen and oxygen atoms in total. The maximum atomic E-state index is 11.9. The molecule has 0 fully saturated rings. The van der Waals surface area contributed by atoms with Crippen molar-refractivity contribution in [1.82, 2.24) is 0 Å². The molecule has 3 N–H and O–H groups in total. The van der Waals surface area contributed by atoms with Crippen molar-refractivity contribution in [2.24, 2.45) is 0 Å². The first kappa shape index (κ1) is 20.0. The van der Waals surface area contributed by atoms with Gasteiger partial charge in [0.15, 0.2) is 6.04 Å². The quantitative estimate of drug-likeness (QED) is 0.516. The minimum absolute atomic E-state index is 0.0810. The number of halogens is 1. The Labute approximate surface area is 165 Å². The maximum absolute atomic E-state index is 11.9. The molecule has 7 heteroatoms. The molecular formula is C19H19IN2O4. The third-order valence-electron chi connectivity index (χ3n) is 3.76. The fourth-order valence-corrected chi connectivity index (χ4v) is 3.34. The van der Waals surface area contributed by atoms with Crippen molar-refractivity contribution in [1.29, 1.82) is 5.26 Å². The van der Waals surface area contributed by atoms with E-state index in [9.17, 15) is 9.90 Å². The zero-order valence-electron chi connectivity index (χ0n) is 14.2. The van der Waals surface area contributed by atoms with Gasteiger partial charge in [0.2, 0.25) is 0 Å². The number of nitriles is 1. The maximum Gasteiger partial charge on any atom is 0.330 e. The number of benzene rings is 2. The predicted molar refractivity (Wildman–Crippen MR) is 106 cm³/mol. The monoisotopic (exact) mass is 466 g/mol. The number of hydrogen-bond donors (Lipinski definition) is 3. The van der Waals surface area contributed by atoms with E-state index in [2.05, 4.69) is 27.9 Å². The molecule has 2 rings (SSSR count). The first-order valence-electron chi connectivity index (χ1n) is 8.05. The van der Waals surface area contributed by atoms with Gasteiger partial charge < -0.3 is 20.3 Å². The molecule has 26 heavy (non-hydrogen) atoms. The van der Waals surface area contributed by atoms with E-state index in [4.69, 9.17) is 15.1 Å². The lowest BCUT2D eigenvalue weighted by molar-refractivity contribution is -0.138. The van der Waals surface area contributed by atoms with E-state index < -0.39 is 12.0 Å². The molecule has 0 aromatic heterocycles. The smallest absolute Gasteiger partial charge is 0.330 e. The number of ether oxygens (including phenoxy) is 1. The summed E-state index contributed by atoms with van der Waals surface area (Å²) in [5.41, 5.74) is 2.58. The van der Waals surface area contributed by atoms with Crippen molar-refractivity contribution in [3.8, 4) is 11.8 Å². The molecule has 0 aliphatic heterocycles. The van der Waals surface area contributed by atoms with Crippen molar-refractivity contribution in [2.75, 3.05) is 18.5 Å². The van der Waals surface area contributed by atoms with Gasteiger partial charge in [-0.1, -0.05) is 6.92 Å². The predicted octanol–water partition coefficient (Wildman–Crippen LogP) is 3.33. The Bertz CT molecular complexity index is 816. The van der Waals surface area contributed by atoms with Gasteiger partial charge in [0.25, 0.3) is 0 Å². The summed E-state index contributed by atoms with van der Waals surface area (Å²) in [6, 6.07) is 11.3. The number of nitrogens with one attached hydrogen (secondary N) is 1. The molecule has 0 bridgehead atoms. The van der Waals surface area contributed by atoms with E-state index in [0.717, 1.165) is 15.6 Å². The lowest BCUT2D eigenvalue weighted by atomic mass is 10.0. The molecule has 1 atom stereocenters. The van der Waals surface area contributed by atoms with Crippen LogP contribution < -0.4 is 10.1 Å². The Hall–Kier alpha value is -2.31. The number of anilines is 1. The number of aryl methyl sites for hydroxylation is 1. The van der Waals surface area contributed by atoms with E-state index >= 15 is 0 Å². The summed E-state index contributed by atoms with van der Waals surface area (Å²) in [4.78, 5) is 11.9. The van der Waals surface area contributed by atoms with Gasteiger partial charge in [0.05, 0.1) is 21.8 Å². The number of carbonyl (C=O) groups is 1. The number of rotatable bonds is 8. The molecular weight excluding hydrogens is 447 g/mol. The van der Waals surface area contributed by atoms with E-state index in [-0.39, 0.29) is 13.2 Å². The Morgan fingerprint density at radius 3 is 2.58 bits per heavy atom. The van der Waals surface area contributed by atoms with Crippen LogP contribution in [0.3, 0.4) is 0 Å². The second kappa shape index (κ2) is 9.40. The molecule has 0 amide bonds. The molecule has 0 saturated carbocycles. The average molecular weight is 466 g/mol. The zero-order chi connectivity index (χ0) is 19.1. The van der Waals surface area contributed by atoms with E-state index in [0.29, 0.717) is 22.6 Å². The third kappa shape index (κ3) is 4.86. The highest BCUT2D eigenvalue weighted by molar-refractivity contribution is 14.1. The first-order chi connectivity index (χ1) is 12.5.